The van der Waals surface area contributed by atoms with Gasteiger partial charge in [-0.05, 0) is 32.0 Å². The topological polar surface area (TPSA) is 54.1 Å². The summed E-state index contributed by atoms with van der Waals surface area (Å²) in [6.45, 7) is 7.08. The lowest BCUT2D eigenvalue weighted by Crippen LogP contribution is -2.22. The number of nitrogens with one attached hydrogen (secondary N) is 2. The van der Waals surface area contributed by atoms with Gasteiger partial charge in [-0.2, -0.15) is 0 Å². The fraction of sp³-hybridized carbons (Fsp3) is 0.400. The Bertz CT molecular complexity index is 614. The molecule has 0 saturated heterocycles. The van der Waals surface area contributed by atoms with Crippen LogP contribution in [-0.2, 0) is 0 Å². The number of likely N-dealkylation sites (N-methyl/N-ethyl adjacent to an activating group) is 1. The molecular formula is C15H20N2O2. The van der Waals surface area contributed by atoms with Crippen molar-refractivity contribution < 1.29 is 9.53 Å². The van der Waals surface area contributed by atoms with Gasteiger partial charge >= 0.3 is 0 Å². The molecule has 0 radical (unpaired) electrons. The Balaban J connectivity index is 2.61. The summed E-state index contributed by atoms with van der Waals surface area (Å²) in [5.74, 6) is 0.883. The molecule has 0 aliphatic rings. The minimum atomic E-state index is 0.113. The first kappa shape index (κ1) is 13.6. The smallest absolute Gasteiger partial charge is 0.179 e. The van der Waals surface area contributed by atoms with Gasteiger partial charge in [0.05, 0.1) is 19.2 Å². The van der Waals surface area contributed by atoms with Crippen molar-refractivity contribution in [3.8, 4) is 5.75 Å². The number of ether oxygens (including phenoxy) is 1. The highest BCUT2D eigenvalue weighted by molar-refractivity contribution is 6.12. The van der Waals surface area contributed by atoms with Crippen molar-refractivity contribution >= 4 is 16.7 Å². The first-order chi connectivity index (χ1) is 9.10. The number of methoxy groups -OCH3 is 1. The molecule has 0 aliphatic carbocycles. The summed E-state index contributed by atoms with van der Waals surface area (Å²) in [6, 6.07) is 3.91. The van der Waals surface area contributed by atoms with Gasteiger partial charge in [-0.1, -0.05) is 13.0 Å². The van der Waals surface area contributed by atoms with Crippen molar-refractivity contribution in [3.05, 3.63) is 29.0 Å². The Kier molecular flexibility index (Phi) is 3.90. The minimum absolute atomic E-state index is 0.113. The normalized spacial score (nSPS) is 10.9. The Morgan fingerprint density at radius 1 is 1.37 bits per heavy atom. The summed E-state index contributed by atoms with van der Waals surface area (Å²) in [7, 11) is 1.64. The summed E-state index contributed by atoms with van der Waals surface area (Å²) < 4.78 is 5.35. The van der Waals surface area contributed by atoms with Crippen LogP contribution in [0.25, 0.3) is 10.9 Å². The maximum Gasteiger partial charge on any atom is 0.179 e. The van der Waals surface area contributed by atoms with Crippen molar-refractivity contribution in [2.75, 3.05) is 20.2 Å². The van der Waals surface area contributed by atoms with Crippen molar-refractivity contribution in [2.45, 2.75) is 20.8 Å². The van der Waals surface area contributed by atoms with Gasteiger partial charge in [0, 0.05) is 16.6 Å². The van der Waals surface area contributed by atoms with Gasteiger partial charge in [-0.25, -0.2) is 0 Å². The van der Waals surface area contributed by atoms with E-state index >= 15 is 0 Å². The van der Waals surface area contributed by atoms with E-state index in [2.05, 4.69) is 10.3 Å². The first-order valence-electron chi connectivity index (χ1n) is 6.49. The molecule has 0 aliphatic heterocycles. The molecule has 1 aromatic carbocycles. The van der Waals surface area contributed by atoms with Crippen molar-refractivity contribution in [3.63, 3.8) is 0 Å². The Hall–Kier alpha value is -1.81. The summed E-state index contributed by atoms with van der Waals surface area (Å²) in [5, 5.41) is 4.05. The Labute approximate surface area is 113 Å². The standard InChI is InChI=1S/C15H20N2O2/c1-5-16-8-11(18)14-10(3)17-15-12(19-4)7-6-9(2)13(14)15/h6-7,16-17H,5,8H2,1-4H3. The van der Waals surface area contributed by atoms with Crippen molar-refractivity contribution in [2.24, 2.45) is 0 Å². The summed E-state index contributed by atoms with van der Waals surface area (Å²) in [5.41, 5.74) is 3.65. The SMILES string of the molecule is CCNCC(=O)c1c(C)[nH]c2c(OC)ccc(C)c12. The summed E-state index contributed by atoms with van der Waals surface area (Å²) >= 11 is 0. The molecule has 2 rings (SSSR count). The number of aryl methyl sites for hydroxylation is 2. The molecule has 4 heteroatoms. The predicted molar refractivity (Wildman–Crippen MR) is 77.2 cm³/mol. The van der Waals surface area contributed by atoms with E-state index < -0.39 is 0 Å². The molecule has 4 nitrogen and oxygen atoms in total. The van der Waals surface area contributed by atoms with Gasteiger partial charge < -0.3 is 15.0 Å². The first-order valence-corrected chi connectivity index (χ1v) is 6.49. The molecule has 0 spiro atoms. The number of Topliss-reactive ketones (excluding diaryl/α,β-unsaturated/α-hetero) is 1. The van der Waals surface area contributed by atoms with Crippen LogP contribution in [0.3, 0.4) is 0 Å². The fourth-order valence-corrected chi connectivity index (χ4v) is 2.42. The zero-order valence-corrected chi connectivity index (χ0v) is 11.9. The van der Waals surface area contributed by atoms with Gasteiger partial charge in [-0.3, -0.25) is 4.79 Å². The maximum absolute atomic E-state index is 12.3. The zero-order valence-electron chi connectivity index (χ0n) is 11.9. The summed E-state index contributed by atoms with van der Waals surface area (Å²) in [6.07, 6.45) is 0. The number of carbonyl (C=O) groups excluding carboxylic acids is 1. The Morgan fingerprint density at radius 2 is 2.11 bits per heavy atom. The molecule has 102 valence electrons. The van der Waals surface area contributed by atoms with Crippen LogP contribution >= 0.6 is 0 Å². The largest absolute Gasteiger partial charge is 0.495 e. The monoisotopic (exact) mass is 260 g/mol. The third kappa shape index (κ3) is 2.36. The number of benzene rings is 1. The fourth-order valence-electron chi connectivity index (χ4n) is 2.42. The van der Waals surface area contributed by atoms with Gasteiger partial charge in [0.2, 0.25) is 0 Å². The molecule has 2 N–H and O–H groups in total. The van der Waals surface area contributed by atoms with Gasteiger partial charge in [0.25, 0.3) is 0 Å². The molecular weight excluding hydrogens is 240 g/mol. The maximum atomic E-state index is 12.3. The number of hydrogen-bond acceptors (Lipinski definition) is 3. The molecule has 1 heterocycles. The second-order valence-electron chi connectivity index (χ2n) is 4.66. The second-order valence-corrected chi connectivity index (χ2v) is 4.66. The number of carbonyl (C=O) groups is 1. The van der Waals surface area contributed by atoms with Crippen LogP contribution < -0.4 is 10.1 Å². The molecule has 0 unspecified atom stereocenters. The van der Waals surface area contributed by atoms with Crippen LogP contribution in [0.15, 0.2) is 12.1 Å². The van der Waals surface area contributed by atoms with Crippen molar-refractivity contribution in [1.29, 1.82) is 0 Å². The molecule has 19 heavy (non-hydrogen) atoms. The van der Waals surface area contributed by atoms with Gasteiger partial charge in [-0.15, -0.1) is 0 Å². The van der Waals surface area contributed by atoms with Gasteiger partial charge in [0.15, 0.2) is 5.78 Å². The average Bonchev–Trinajstić information content (AvgIpc) is 2.74. The number of H-pyrrole nitrogens is 1. The van der Waals surface area contributed by atoms with Crippen LogP contribution in [0.2, 0.25) is 0 Å². The molecule has 2 aromatic rings. The lowest BCUT2D eigenvalue weighted by molar-refractivity contribution is 0.0993. The second kappa shape index (κ2) is 5.45. The molecule has 0 bridgehead atoms. The van der Waals surface area contributed by atoms with Crippen LogP contribution in [0.5, 0.6) is 5.75 Å². The van der Waals surface area contributed by atoms with Crippen LogP contribution in [-0.4, -0.2) is 31.0 Å². The van der Waals surface area contributed by atoms with E-state index in [4.69, 9.17) is 4.74 Å². The van der Waals surface area contributed by atoms with E-state index in [1.165, 1.54) is 0 Å². The van der Waals surface area contributed by atoms with E-state index in [9.17, 15) is 4.79 Å². The average molecular weight is 260 g/mol. The minimum Gasteiger partial charge on any atom is -0.495 e. The highest BCUT2D eigenvalue weighted by Gasteiger charge is 2.19. The third-order valence-corrected chi connectivity index (χ3v) is 3.35. The zero-order chi connectivity index (χ0) is 14.0. The molecule has 0 fully saturated rings. The van der Waals surface area contributed by atoms with E-state index in [0.29, 0.717) is 6.54 Å². The van der Waals surface area contributed by atoms with Crippen LogP contribution in [0, 0.1) is 13.8 Å². The number of hydrogen-bond donors (Lipinski definition) is 2. The number of ketones is 1. The number of rotatable bonds is 5. The molecule has 0 saturated carbocycles. The van der Waals surface area contributed by atoms with E-state index in [0.717, 1.165) is 40.0 Å². The number of aromatic amines is 1. The van der Waals surface area contributed by atoms with Gasteiger partial charge in [0.1, 0.15) is 5.75 Å². The van der Waals surface area contributed by atoms with E-state index in [-0.39, 0.29) is 5.78 Å². The molecule has 0 amide bonds. The molecule has 0 atom stereocenters. The quantitative estimate of drug-likeness (QED) is 0.812. The number of fused-ring (bicyclic) bond motifs is 1. The molecule has 1 aromatic heterocycles. The van der Waals surface area contributed by atoms with Crippen LogP contribution in [0.4, 0.5) is 0 Å². The number of aromatic nitrogens is 1. The van der Waals surface area contributed by atoms with Crippen LogP contribution in [0.1, 0.15) is 28.5 Å². The summed E-state index contributed by atoms with van der Waals surface area (Å²) in [4.78, 5) is 15.6. The van der Waals surface area contributed by atoms with E-state index in [1.54, 1.807) is 7.11 Å². The highest BCUT2D eigenvalue weighted by atomic mass is 16.5. The lowest BCUT2D eigenvalue weighted by Gasteiger charge is -2.06. The lowest BCUT2D eigenvalue weighted by atomic mass is 10.0. The highest BCUT2D eigenvalue weighted by Crippen LogP contribution is 2.32. The Morgan fingerprint density at radius 3 is 2.74 bits per heavy atom. The third-order valence-electron chi connectivity index (χ3n) is 3.35. The predicted octanol–water partition coefficient (Wildman–Crippen LogP) is 2.59. The van der Waals surface area contributed by atoms with Crippen molar-refractivity contribution in [1.82, 2.24) is 10.3 Å². The van der Waals surface area contributed by atoms with E-state index in [1.807, 2.05) is 32.9 Å².